The van der Waals surface area contributed by atoms with Crippen LogP contribution in [-0.2, 0) is 0 Å². The molecule has 3 aromatic rings. The van der Waals surface area contributed by atoms with E-state index >= 15 is 0 Å². The van der Waals surface area contributed by atoms with E-state index in [9.17, 15) is 24.5 Å². The number of halogens is 1. The molecule has 0 unspecified atom stereocenters. The summed E-state index contributed by atoms with van der Waals surface area (Å²) in [4.78, 5) is 47.5. The summed E-state index contributed by atoms with van der Waals surface area (Å²) in [5, 5.41) is 13.7. The van der Waals surface area contributed by atoms with Crippen molar-refractivity contribution >= 4 is 40.4 Å². The lowest BCUT2D eigenvalue weighted by molar-refractivity contribution is -0.384. The van der Waals surface area contributed by atoms with E-state index in [1.165, 1.54) is 31.2 Å². The minimum absolute atomic E-state index is 0.0390. The Morgan fingerprint density at radius 3 is 2.10 bits per heavy atom. The number of nitrogens with one attached hydrogen (secondary N) is 1. The maximum absolute atomic E-state index is 12.9. The van der Waals surface area contributed by atoms with Gasteiger partial charge < -0.3 is 5.32 Å². The van der Waals surface area contributed by atoms with Gasteiger partial charge in [0.15, 0.2) is 11.6 Å². The van der Waals surface area contributed by atoms with Gasteiger partial charge in [-0.15, -0.1) is 0 Å². The van der Waals surface area contributed by atoms with Gasteiger partial charge >= 0.3 is 0 Å². The average Bonchev–Trinajstić information content (AvgIpc) is 2.73. The van der Waals surface area contributed by atoms with Gasteiger partial charge in [0.05, 0.1) is 10.5 Å². The molecule has 30 heavy (non-hydrogen) atoms. The molecule has 150 valence electrons. The third-order valence-corrected chi connectivity index (χ3v) is 4.69. The number of anilines is 1. The van der Waals surface area contributed by atoms with E-state index in [4.69, 9.17) is 11.6 Å². The van der Waals surface area contributed by atoms with Crippen LogP contribution in [-0.4, -0.2) is 22.4 Å². The molecular weight excluding hydrogens is 408 g/mol. The maximum atomic E-state index is 12.9. The summed E-state index contributed by atoms with van der Waals surface area (Å²) >= 11 is 5.81. The third-order valence-electron chi connectivity index (χ3n) is 4.37. The number of amides is 1. The van der Waals surface area contributed by atoms with E-state index in [1.54, 1.807) is 36.4 Å². The Morgan fingerprint density at radius 1 is 0.900 bits per heavy atom. The summed E-state index contributed by atoms with van der Waals surface area (Å²) in [6, 6.07) is 16.2. The molecule has 3 rings (SSSR count). The number of benzene rings is 3. The van der Waals surface area contributed by atoms with Crippen LogP contribution in [0.1, 0.15) is 43.6 Å². The molecule has 8 heteroatoms. The van der Waals surface area contributed by atoms with Gasteiger partial charge in [0.2, 0.25) is 0 Å². The number of Topliss-reactive ketones (excluding diaryl/α,β-unsaturated/α-hetero) is 1. The first kappa shape index (κ1) is 20.9. The largest absolute Gasteiger partial charge is 0.322 e. The monoisotopic (exact) mass is 422 g/mol. The van der Waals surface area contributed by atoms with Gasteiger partial charge in [0, 0.05) is 28.4 Å². The summed E-state index contributed by atoms with van der Waals surface area (Å²) in [6.07, 6.45) is 0. The number of hydrogen-bond acceptors (Lipinski definition) is 5. The van der Waals surface area contributed by atoms with Crippen molar-refractivity contribution in [1.82, 2.24) is 0 Å². The van der Waals surface area contributed by atoms with Crippen LogP contribution in [0.4, 0.5) is 11.4 Å². The number of nitro groups is 1. The number of nitro benzene ring substituents is 1. The molecule has 0 aliphatic heterocycles. The number of carbonyl (C=O) groups is 3. The van der Waals surface area contributed by atoms with Gasteiger partial charge in [-0.2, -0.15) is 0 Å². The molecule has 0 saturated heterocycles. The first-order valence-electron chi connectivity index (χ1n) is 8.78. The lowest BCUT2D eigenvalue weighted by Crippen LogP contribution is -2.17. The first-order valence-corrected chi connectivity index (χ1v) is 9.15. The van der Waals surface area contributed by atoms with Crippen molar-refractivity contribution in [2.75, 3.05) is 5.32 Å². The maximum Gasteiger partial charge on any atom is 0.288 e. The fraction of sp³-hybridized carbons (Fsp3) is 0.0455. The van der Waals surface area contributed by atoms with E-state index in [1.807, 2.05) is 0 Å². The van der Waals surface area contributed by atoms with E-state index in [-0.39, 0.29) is 27.5 Å². The molecule has 0 bridgehead atoms. The van der Waals surface area contributed by atoms with Gasteiger partial charge in [-0.05, 0) is 49.4 Å². The van der Waals surface area contributed by atoms with Crippen molar-refractivity contribution in [3.63, 3.8) is 0 Å². The molecule has 0 fully saturated rings. The highest BCUT2D eigenvalue weighted by atomic mass is 35.5. The number of carbonyl (C=O) groups excluding carboxylic acids is 3. The van der Waals surface area contributed by atoms with Crippen LogP contribution in [0, 0.1) is 10.1 Å². The molecule has 0 aliphatic rings. The fourth-order valence-corrected chi connectivity index (χ4v) is 3.00. The Hall–Kier alpha value is -3.84. The average molecular weight is 423 g/mol. The van der Waals surface area contributed by atoms with Gasteiger partial charge in [-0.3, -0.25) is 24.5 Å². The molecule has 0 heterocycles. The summed E-state index contributed by atoms with van der Waals surface area (Å²) < 4.78 is 0. The number of nitrogens with zero attached hydrogens (tertiary/aromatic N) is 1. The lowest BCUT2D eigenvalue weighted by atomic mass is 9.97. The second kappa shape index (κ2) is 8.67. The van der Waals surface area contributed by atoms with Crippen LogP contribution in [0.15, 0.2) is 66.7 Å². The minimum Gasteiger partial charge on any atom is -0.322 e. The van der Waals surface area contributed by atoms with Crippen LogP contribution < -0.4 is 5.32 Å². The standard InChI is InChI=1S/C22H15ClN2O5/c1-13(26)14-6-9-16(10-7-14)24-22(28)18-5-3-2-4-17(18)21(27)15-8-11-19(23)20(12-15)25(29)30/h2-12H,1H3,(H,24,28). The number of rotatable bonds is 6. The molecule has 0 atom stereocenters. The van der Waals surface area contributed by atoms with Gasteiger partial charge in [0.25, 0.3) is 11.6 Å². The van der Waals surface area contributed by atoms with Crippen molar-refractivity contribution < 1.29 is 19.3 Å². The highest BCUT2D eigenvalue weighted by molar-refractivity contribution is 6.33. The Morgan fingerprint density at radius 2 is 1.50 bits per heavy atom. The van der Waals surface area contributed by atoms with Gasteiger partial charge in [-0.25, -0.2) is 0 Å². The molecule has 0 aromatic heterocycles. The second-order valence-corrected chi connectivity index (χ2v) is 6.79. The number of ketones is 2. The van der Waals surface area contributed by atoms with E-state index < -0.39 is 22.3 Å². The Labute approximate surface area is 176 Å². The molecule has 1 amide bonds. The Bertz CT molecular complexity index is 1170. The zero-order valence-electron chi connectivity index (χ0n) is 15.7. The SMILES string of the molecule is CC(=O)c1ccc(NC(=O)c2ccccc2C(=O)c2ccc(Cl)c([N+](=O)[O-])c2)cc1. The predicted octanol–water partition coefficient (Wildman–Crippen LogP) is 4.93. The Balaban J connectivity index is 1.91. The predicted molar refractivity (Wildman–Crippen MR) is 112 cm³/mol. The van der Waals surface area contributed by atoms with E-state index in [0.717, 1.165) is 6.07 Å². The lowest BCUT2D eigenvalue weighted by Gasteiger charge is -2.10. The topological polar surface area (TPSA) is 106 Å². The molecule has 7 nitrogen and oxygen atoms in total. The minimum atomic E-state index is -0.678. The summed E-state index contributed by atoms with van der Waals surface area (Å²) in [6.45, 7) is 1.44. The van der Waals surface area contributed by atoms with Crippen molar-refractivity contribution in [3.8, 4) is 0 Å². The molecule has 1 N–H and O–H groups in total. The highest BCUT2D eigenvalue weighted by Gasteiger charge is 2.21. The molecular formula is C22H15ClN2O5. The van der Waals surface area contributed by atoms with Crippen LogP contribution >= 0.6 is 11.6 Å². The highest BCUT2D eigenvalue weighted by Crippen LogP contribution is 2.27. The van der Waals surface area contributed by atoms with Crippen molar-refractivity contribution in [3.05, 3.63) is 104 Å². The van der Waals surface area contributed by atoms with Crippen LogP contribution in [0.2, 0.25) is 5.02 Å². The zero-order valence-corrected chi connectivity index (χ0v) is 16.5. The first-order chi connectivity index (χ1) is 14.3. The fourth-order valence-electron chi connectivity index (χ4n) is 2.82. The molecule has 3 aromatic carbocycles. The smallest absolute Gasteiger partial charge is 0.288 e. The summed E-state index contributed by atoms with van der Waals surface area (Å²) in [5.41, 5.74) is 0.803. The molecule has 0 aliphatic carbocycles. The van der Waals surface area contributed by atoms with E-state index in [0.29, 0.717) is 11.3 Å². The number of hydrogen-bond donors (Lipinski definition) is 1. The molecule has 0 saturated carbocycles. The summed E-state index contributed by atoms with van der Waals surface area (Å²) in [7, 11) is 0. The van der Waals surface area contributed by atoms with Gasteiger partial charge in [-0.1, -0.05) is 29.8 Å². The normalized spacial score (nSPS) is 10.3. The summed E-state index contributed by atoms with van der Waals surface area (Å²) in [5.74, 6) is -1.17. The second-order valence-electron chi connectivity index (χ2n) is 6.39. The van der Waals surface area contributed by atoms with Crippen LogP contribution in [0.5, 0.6) is 0 Å². The van der Waals surface area contributed by atoms with Crippen LogP contribution in [0.3, 0.4) is 0 Å². The molecule has 0 spiro atoms. The van der Waals surface area contributed by atoms with Crippen LogP contribution in [0.25, 0.3) is 0 Å². The Kier molecular flexibility index (Phi) is 6.03. The van der Waals surface area contributed by atoms with E-state index in [2.05, 4.69) is 5.32 Å². The molecule has 0 radical (unpaired) electrons. The van der Waals surface area contributed by atoms with Crippen molar-refractivity contribution in [2.45, 2.75) is 6.92 Å². The van der Waals surface area contributed by atoms with Gasteiger partial charge in [0.1, 0.15) is 5.02 Å². The third kappa shape index (κ3) is 4.42. The zero-order chi connectivity index (χ0) is 21.8. The van der Waals surface area contributed by atoms with Crippen molar-refractivity contribution in [2.24, 2.45) is 0 Å². The quantitative estimate of drug-likeness (QED) is 0.344. The van der Waals surface area contributed by atoms with Crippen molar-refractivity contribution in [1.29, 1.82) is 0 Å².